The lowest BCUT2D eigenvalue weighted by Crippen LogP contribution is -1.99. The highest BCUT2D eigenvalue weighted by Gasteiger charge is 2.02. The Morgan fingerprint density at radius 2 is 2.07 bits per heavy atom. The number of unbranched alkanes of at least 4 members (excludes halogenated alkanes) is 2. The third kappa shape index (κ3) is 4.62. The Labute approximate surface area is 97.2 Å². The van der Waals surface area contributed by atoms with Crippen molar-refractivity contribution in [1.29, 1.82) is 0 Å². The minimum absolute atomic E-state index is 0.212. The molecule has 0 aliphatic heterocycles. The number of aliphatic hydroxyl groups is 1. The predicted molar refractivity (Wildman–Crippen MR) is 60.5 cm³/mol. The molecule has 0 radical (unpaired) electrons. The normalized spacial score (nSPS) is 10.3. The second-order valence-corrected chi connectivity index (χ2v) is 4.06. The van der Waals surface area contributed by atoms with E-state index in [1.54, 1.807) is 6.07 Å². The maximum atomic E-state index is 12.8. The van der Waals surface area contributed by atoms with E-state index >= 15 is 0 Å². The molecule has 0 spiro atoms. The van der Waals surface area contributed by atoms with E-state index in [9.17, 15) is 4.39 Å². The standard InChI is InChI=1S/C11H14BrFO2/c12-10-5-4-9(13)8-11(10)15-7-3-1-2-6-14/h4-5,8,14H,1-3,6-7H2. The van der Waals surface area contributed by atoms with Crippen LogP contribution in [0.1, 0.15) is 19.3 Å². The van der Waals surface area contributed by atoms with Crippen LogP contribution in [-0.4, -0.2) is 18.3 Å². The third-order valence-electron chi connectivity index (χ3n) is 1.95. The van der Waals surface area contributed by atoms with Crippen LogP contribution in [0.4, 0.5) is 4.39 Å². The van der Waals surface area contributed by atoms with Crippen molar-refractivity contribution in [2.24, 2.45) is 0 Å². The van der Waals surface area contributed by atoms with Gasteiger partial charge < -0.3 is 9.84 Å². The van der Waals surface area contributed by atoms with Gasteiger partial charge in [0.25, 0.3) is 0 Å². The van der Waals surface area contributed by atoms with E-state index in [2.05, 4.69) is 15.9 Å². The van der Waals surface area contributed by atoms with Gasteiger partial charge in [0.1, 0.15) is 11.6 Å². The van der Waals surface area contributed by atoms with Crippen molar-refractivity contribution < 1.29 is 14.2 Å². The fourth-order valence-corrected chi connectivity index (χ4v) is 1.52. The first-order valence-corrected chi connectivity index (χ1v) is 5.72. The van der Waals surface area contributed by atoms with Gasteiger partial charge in [-0.1, -0.05) is 0 Å². The maximum absolute atomic E-state index is 12.8. The first-order valence-electron chi connectivity index (χ1n) is 4.93. The van der Waals surface area contributed by atoms with E-state index in [1.165, 1.54) is 12.1 Å². The van der Waals surface area contributed by atoms with Crippen molar-refractivity contribution in [3.8, 4) is 5.75 Å². The number of rotatable bonds is 6. The molecule has 0 aromatic heterocycles. The summed E-state index contributed by atoms with van der Waals surface area (Å²) in [6.07, 6.45) is 2.57. The lowest BCUT2D eigenvalue weighted by atomic mass is 10.2. The summed E-state index contributed by atoms with van der Waals surface area (Å²) in [5.74, 6) is 0.225. The number of halogens is 2. The van der Waals surface area contributed by atoms with Crippen LogP contribution in [0.3, 0.4) is 0 Å². The van der Waals surface area contributed by atoms with Gasteiger partial charge >= 0.3 is 0 Å². The van der Waals surface area contributed by atoms with Gasteiger partial charge in [-0.2, -0.15) is 0 Å². The molecular weight excluding hydrogens is 263 g/mol. The van der Waals surface area contributed by atoms with E-state index < -0.39 is 0 Å². The molecule has 0 fully saturated rings. The third-order valence-corrected chi connectivity index (χ3v) is 2.61. The van der Waals surface area contributed by atoms with Crippen LogP contribution in [0, 0.1) is 5.82 Å². The van der Waals surface area contributed by atoms with Crippen LogP contribution < -0.4 is 4.74 Å². The zero-order valence-corrected chi connectivity index (χ0v) is 9.96. The van der Waals surface area contributed by atoms with E-state index in [-0.39, 0.29) is 12.4 Å². The van der Waals surface area contributed by atoms with Crippen molar-refractivity contribution in [1.82, 2.24) is 0 Å². The Hall–Kier alpha value is -0.610. The Balaban J connectivity index is 2.33. The molecule has 1 aromatic rings. The van der Waals surface area contributed by atoms with E-state index in [0.717, 1.165) is 23.7 Å². The van der Waals surface area contributed by atoms with Crippen LogP contribution in [0.2, 0.25) is 0 Å². The fourth-order valence-electron chi connectivity index (χ4n) is 1.16. The second-order valence-electron chi connectivity index (χ2n) is 3.21. The van der Waals surface area contributed by atoms with E-state index in [1.807, 2.05) is 0 Å². The molecule has 1 N–H and O–H groups in total. The smallest absolute Gasteiger partial charge is 0.136 e. The van der Waals surface area contributed by atoms with Crippen LogP contribution in [0.15, 0.2) is 22.7 Å². The molecule has 1 rings (SSSR count). The largest absolute Gasteiger partial charge is 0.492 e. The highest BCUT2D eigenvalue weighted by molar-refractivity contribution is 9.10. The first kappa shape index (κ1) is 12.5. The molecule has 84 valence electrons. The molecule has 0 heterocycles. The molecule has 0 saturated carbocycles. The molecule has 15 heavy (non-hydrogen) atoms. The van der Waals surface area contributed by atoms with Crippen LogP contribution in [0.5, 0.6) is 5.75 Å². The first-order chi connectivity index (χ1) is 7.24. The summed E-state index contributed by atoms with van der Waals surface area (Å²) < 4.78 is 19.0. The van der Waals surface area contributed by atoms with Gasteiger partial charge in [-0.15, -0.1) is 0 Å². The molecule has 1 aromatic carbocycles. The van der Waals surface area contributed by atoms with Gasteiger partial charge in [-0.3, -0.25) is 0 Å². The minimum Gasteiger partial charge on any atom is -0.492 e. The monoisotopic (exact) mass is 276 g/mol. The lowest BCUT2D eigenvalue weighted by Gasteiger charge is -2.07. The van der Waals surface area contributed by atoms with Gasteiger partial charge in [0.2, 0.25) is 0 Å². The predicted octanol–water partition coefficient (Wildman–Crippen LogP) is 3.13. The Bertz CT molecular complexity index is 305. The maximum Gasteiger partial charge on any atom is 0.136 e. The summed E-state index contributed by atoms with van der Waals surface area (Å²) in [7, 11) is 0. The van der Waals surface area contributed by atoms with Crippen molar-refractivity contribution in [3.05, 3.63) is 28.5 Å². The van der Waals surface area contributed by atoms with Gasteiger partial charge in [0, 0.05) is 12.7 Å². The molecule has 0 aliphatic rings. The number of hydrogen-bond donors (Lipinski definition) is 1. The zero-order chi connectivity index (χ0) is 11.1. The summed E-state index contributed by atoms with van der Waals surface area (Å²) in [5, 5.41) is 8.57. The fraction of sp³-hybridized carbons (Fsp3) is 0.455. The highest BCUT2D eigenvalue weighted by atomic mass is 79.9. The van der Waals surface area contributed by atoms with Crippen molar-refractivity contribution in [2.45, 2.75) is 19.3 Å². The number of aliphatic hydroxyl groups excluding tert-OH is 1. The average Bonchev–Trinajstić information content (AvgIpc) is 2.23. The van der Waals surface area contributed by atoms with Crippen molar-refractivity contribution in [3.63, 3.8) is 0 Å². The highest BCUT2D eigenvalue weighted by Crippen LogP contribution is 2.25. The zero-order valence-electron chi connectivity index (χ0n) is 8.38. The topological polar surface area (TPSA) is 29.5 Å². The molecule has 4 heteroatoms. The van der Waals surface area contributed by atoms with Crippen LogP contribution in [-0.2, 0) is 0 Å². The quantitative estimate of drug-likeness (QED) is 0.809. The van der Waals surface area contributed by atoms with Gasteiger partial charge in [0.05, 0.1) is 11.1 Å². The van der Waals surface area contributed by atoms with E-state index in [4.69, 9.17) is 9.84 Å². The van der Waals surface area contributed by atoms with Gasteiger partial charge in [-0.05, 0) is 47.3 Å². The molecule has 0 amide bonds. The molecule has 0 aliphatic carbocycles. The summed E-state index contributed by atoms with van der Waals surface area (Å²) in [6, 6.07) is 4.36. The van der Waals surface area contributed by atoms with Gasteiger partial charge in [0.15, 0.2) is 0 Å². The van der Waals surface area contributed by atoms with Crippen molar-refractivity contribution >= 4 is 15.9 Å². The molecule has 0 bridgehead atoms. The average molecular weight is 277 g/mol. The lowest BCUT2D eigenvalue weighted by molar-refractivity contribution is 0.265. The summed E-state index contributed by atoms with van der Waals surface area (Å²) >= 11 is 3.28. The number of hydrogen-bond acceptors (Lipinski definition) is 2. The SMILES string of the molecule is OCCCCCOc1cc(F)ccc1Br. The molecular formula is C11H14BrFO2. The Morgan fingerprint density at radius 3 is 2.80 bits per heavy atom. The number of benzene rings is 1. The molecule has 0 unspecified atom stereocenters. The Morgan fingerprint density at radius 1 is 1.27 bits per heavy atom. The van der Waals surface area contributed by atoms with Crippen molar-refractivity contribution in [2.75, 3.05) is 13.2 Å². The number of ether oxygens (including phenoxy) is 1. The molecule has 0 saturated heterocycles. The summed E-state index contributed by atoms with van der Waals surface area (Å²) in [6.45, 7) is 0.756. The van der Waals surface area contributed by atoms with Gasteiger partial charge in [-0.25, -0.2) is 4.39 Å². The Kier molecular flexibility index (Phi) is 5.65. The molecule has 0 atom stereocenters. The summed E-state index contributed by atoms with van der Waals surface area (Å²) in [4.78, 5) is 0. The summed E-state index contributed by atoms with van der Waals surface area (Å²) in [5.41, 5.74) is 0. The minimum atomic E-state index is -0.302. The second kappa shape index (κ2) is 6.80. The van der Waals surface area contributed by atoms with E-state index in [0.29, 0.717) is 12.4 Å². The van der Waals surface area contributed by atoms with Crippen LogP contribution >= 0.6 is 15.9 Å². The van der Waals surface area contributed by atoms with Crippen LogP contribution in [0.25, 0.3) is 0 Å². The molecule has 2 nitrogen and oxygen atoms in total.